The van der Waals surface area contributed by atoms with Crippen molar-refractivity contribution in [1.82, 2.24) is 4.90 Å². The standard InChI is InChI=1S/C33H54N2O/c36-31-30-28-19-15-11-7-3-6-10-14-18-24-35(31)27-32(28)21-16-12-8-4-1-2-5-9-13-17-22-34-23-20-29(30)33(35,25-32)26-34/h5,9,15,19,28-31H,1-4,6-8,10-14,16-18,20-27H2/b9-5-,19-15-/t28-,29-,30+,31?,32-,33+,35?/m0/s1. The molecule has 4 saturated heterocycles. The van der Waals surface area contributed by atoms with E-state index in [0.717, 1.165) is 4.48 Å². The van der Waals surface area contributed by atoms with Gasteiger partial charge in [-0.3, -0.25) is 4.90 Å². The minimum Gasteiger partial charge on any atom is -0.806 e. The maximum Gasteiger partial charge on any atom is 0.115 e. The van der Waals surface area contributed by atoms with Crippen LogP contribution in [0, 0.1) is 23.2 Å². The first-order chi connectivity index (χ1) is 17.7. The van der Waals surface area contributed by atoms with Crippen molar-refractivity contribution in [3.05, 3.63) is 24.3 Å². The van der Waals surface area contributed by atoms with Crippen molar-refractivity contribution in [3.63, 3.8) is 0 Å². The van der Waals surface area contributed by atoms with Gasteiger partial charge in [-0.05, 0) is 83.2 Å². The molecule has 8 atom stereocenters. The van der Waals surface area contributed by atoms with E-state index in [0.29, 0.717) is 23.2 Å². The molecule has 7 rings (SSSR count). The van der Waals surface area contributed by atoms with E-state index in [9.17, 15) is 5.11 Å². The van der Waals surface area contributed by atoms with Crippen molar-refractivity contribution < 1.29 is 9.59 Å². The third kappa shape index (κ3) is 4.28. The normalized spacial score (nSPS) is 50.0. The Morgan fingerprint density at radius 3 is 2.28 bits per heavy atom. The van der Waals surface area contributed by atoms with Gasteiger partial charge in [0.2, 0.25) is 0 Å². The van der Waals surface area contributed by atoms with Crippen molar-refractivity contribution in [2.24, 2.45) is 23.2 Å². The molecule has 0 aromatic carbocycles. The highest BCUT2D eigenvalue weighted by Gasteiger charge is 2.80. The lowest BCUT2D eigenvalue weighted by Crippen LogP contribution is -2.71. The van der Waals surface area contributed by atoms with Crippen molar-refractivity contribution >= 4 is 0 Å². The maximum atomic E-state index is 14.7. The molecule has 1 saturated carbocycles. The van der Waals surface area contributed by atoms with Gasteiger partial charge < -0.3 is 9.59 Å². The lowest BCUT2D eigenvalue weighted by Gasteiger charge is -2.55. The fourth-order valence-corrected chi connectivity index (χ4v) is 10.7. The fraction of sp³-hybridized carbons (Fsp3) is 0.879. The average Bonchev–Trinajstić information content (AvgIpc) is 3.19. The molecule has 5 fully saturated rings. The van der Waals surface area contributed by atoms with Crippen molar-refractivity contribution in [1.29, 1.82) is 0 Å². The molecule has 0 N–H and O–H groups in total. The molecule has 3 unspecified atom stereocenters. The van der Waals surface area contributed by atoms with Gasteiger partial charge in [0.05, 0.1) is 19.6 Å². The van der Waals surface area contributed by atoms with Gasteiger partial charge in [-0.15, -0.1) is 0 Å². The van der Waals surface area contributed by atoms with Gasteiger partial charge in [0, 0.05) is 29.9 Å². The summed E-state index contributed by atoms with van der Waals surface area (Å²) >= 11 is 0. The van der Waals surface area contributed by atoms with E-state index in [1.165, 1.54) is 148 Å². The molecule has 202 valence electrons. The molecule has 7 aliphatic rings. The van der Waals surface area contributed by atoms with Gasteiger partial charge >= 0.3 is 0 Å². The smallest absolute Gasteiger partial charge is 0.115 e. The number of hydrogen-bond acceptors (Lipinski definition) is 2. The van der Waals surface area contributed by atoms with Crippen LogP contribution in [0.2, 0.25) is 0 Å². The van der Waals surface area contributed by atoms with E-state index in [-0.39, 0.29) is 11.8 Å². The zero-order chi connectivity index (χ0) is 24.5. The summed E-state index contributed by atoms with van der Waals surface area (Å²) in [5, 5.41) is 14.7. The van der Waals surface area contributed by atoms with E-state index >= 15 is 0 Å². The van der Waals surface area contributed by atoms with Crippen molar-refractivity contribution in [2.45, 2.75) is 127 Å². The summed E-state index contributed by atoms with van der Waals surface area (Å²) < 4.78 is 0.989. The van der Waals surface area contributed by atoms with Crippen LogP contribution in [0.15, 0.2) is 24.3 Å². The number of rotatable bonds is 0. The Morgan fingerprint density at radius 1 is 0.750 bits per heavy atom. The summed E-state index contributed by atoms with van der Waals surface area (Å²) in [5.41, 5.74) is 0.671. The third-order valence-electron chi connectivity index (χ3n) is 12.1. The molecule has 3 spiro atoms. The van der Waals surface area contributed by atoms with Crippen LogP contribution in [0.3, 0.4) is 0 Å². The van der Waals surface area contributed by atoms with Gasteiger partial charge in [-0.1, -0.05) is 69.2 Å². The summed E-state index contributed by atoms with van der Waals surface area (Å²) in [4.78, 5) is 2.82. The Kier molecular flexibility index (Phi) is 7.73. The zero-order valence-corrected chi connectivity index (χ0v) is 23.2. The number of allylic oxidation sites excluding steroid dienone is 4. The van der Waals surface area contributed by atoms with Crippen LogP contribution in [0.1, 0.15) is 116 Å². The van der Waals surface area contributed by atoms with Crippen LogP contribution in [0.25, 0.3) is 0 Å². The molecule has 0 aromatic heterocycles. The van der Waals surface area contributed by atoms with E-state index in [1.807, 2.05) is 0 Å². The summed E-state index contributed by atoms with van der Waals surface area (Å²) in [5.74, 6) is 1.64. The number of quaternary nitrogens is 1. The second-order valence-corrected chi connectivity index (χ2v) is 14.0. The Morgan fingerprint density at radius 2 is 1.44 bits per heavy atom. The van der Waals surface area contributed by atoms with Crippen LogP contribution in [0.5, 0.6) is 0 Å². The fourth-order valence-electron chi connectivity index (χ4n) is 10.7. The van der Waals surface area contributed by atoms with Gasteiger partial charge in [0.25, 0.3) is 0 Å². The molecule has 6 heterocycles. The quantitative estimate of drug-likeness (QED) is 0.281. The second-order valence-electron chi connectivity index (χ2n) is 14.0. The monoisotopic (exact) mass is 494 g/mol. The molecule has 0 amide bonds. The average molecular weight is 495 g/mol. The number of hydrogen-bond donors (Lipinski definition) is 0. The van der Waals surface area contributed by atoms with E-state index in [1.54, 1.807) is 0 Å². The minimum atomic E-state index is -0.364. The number of fused-ring (bicyclic) bond motifs is 1. The van der Waals surface area contributed by atoms with Crippen molar-refractivity contribution in [3.8, 4) is 0 Å². The predicted molar refractivity (Wildman–Crippen MR) is 147 cm³/mol. The Hall–Kier alpha value is -0.640. The third-order valence-corrected chi connectivity index (χ3v) is 12.1. The second kappa shape index (κ2) is 10.9. The lowest BCUT2D eigenvalue weighted by atomic mass is 9.52. The first kappa shape index (κ1) is 25.6. The molecular weight excluding hydrogens is 440 g/mol. The van der Waals surface area contributed by atoms with Crippen LogP contribution in [-0.4, -0.2) is 53.9 Å². The van der Waals surface area contributed by atoms with Gasteiger partial charge in [-0.2, -0.15) is 0 Å². The first-order valence-corrected chi connectivity index (χ1v) is 16.3. The Bertz CT molecular complexity index is 808. The lowest BCUT2D eigenvalue weighted by molar-refractivity contribution is -1.04. The molecule has 1 aliphatic carbocycles. The molecule has 3 nitrogen and oxygen atoms in total. The Balaban J connectivity index is 1.36. The minimum absolute atomic E-state index is 0.268. The predicted octanol–water partition coefficient (Wildman–Crippen LogP) is 6.58. The number of nitrogens with zero attached hydrogens (tertiary/aromatic N) is 2. The molecule has 0 aromatic rings. The summed E-state index contributed by atoms with van der Waals surface area (Å²) in [6, 6.07) is 0. The van der Waals surface area contributed by atoms with Crippen LogP contribution >= 0.6 is 0 Å². The summed E-state index contributed by atoms with van der Waals surface area (Å²) in [6.45, 7) is 6.12. The summed E-state index contributed by atoms with van der Waals surface area (Å²) in [7, 11) is 0. The molecular formula is C33H54N2O. The van der Waals surface area contributed by atoms with Gasteiger partial charge in [-0.25, -0.2) is 0 Å². The topological polar surface area (TPSA) is 26.3 Å². The SMILES string of the molecule is [O-]C1[C@@H]2[C@@H]3/C=C\CCCCCCCC[N+]14C[C@@]31CCCCCCC/C=C\CCCN3CC[C@@H]2[C@]4(C3)C1. The first-order valence-electron chi connectivity index (χ1n) is 16.3. The molecule has 36 heavy (non-hydrogen) atoms. The van der Waals surface area contributed by atoms with Crippen molar-refractivity contribution in [2.75, 3.05) is 32.7 Å². The van der Waals surface area contributed by atoms with E-state index < -0.39 is 0 Å². The van der Waals surface area contributed by atoms with Crippen LogP contribution in [0.4, 0.5) is 0 Å². The molecule has 6 aliphatic heterocycles. The van der Waals surface area contributed by atoms with E-state index in [2.05, 4.69) is 29.2 Å². The maximum absolute atomic E-state index is 14.7. The highest BCUT2D eigenvalue weighted by molar-refractivity contribution is 5.22. The molecule has 3 heteroatoms. The van der Waals surface area contributed by atoms with E-state index in [4.69, 9.17) is 0 Å². The molecule has 0 radical (unpaired) electrons. The van der Waals surface area contributed by atoms with Gasteiger partial charge in [0.1, 0.15) is 5.54 Å². The summed E-state index contributed by atoms with van der Waals surface area (Å²) in [6.07, 6.45) is 33.9. The Labute approximate surface area is 222 Å². The molecule has 6 bridgehead atoms. The largest absolute Gasteiger partial charge is 0.806 e. The van der Waals surface area contributed by atoms with Crippen LogP contribution in [-0.2, 0) is 0 Å². The van der Waals surface area contributed by atoms with Crippen LogP contribution < -0.4 is 5.11 Å². The highest BCUT2D eigenvalue weighted by atomic mass is 16.3. The zero-order valence-electron chi connectivity index (χ0n) is 23.2. The van der Waals surface area contributed by atoms with Gasteiger partial charge in [0.15, 0.2) is 0 Å². The highest BCUT2D eigenvalue weighted by Crippen LogP contribution is 2.72. The number of piperidine rings is 2.